The van der Waals surface area contributed by atoms with Crippen molar-refractivity contribution in [3.05, 3.63) is 17.2 Å². The Bertz CT molecular complexity index is 447. The third-order valence-corrected chi connectivity index (χ3v) is 4.48. The van der Waals surface area contributed by atoms with Crippen LogP contribution >= 0.6 is 0 Å². The van der Waals surface area contributed by atoms with E-state index in [9.17, 15) is 0 Å². The highest BCUT2D eigenvalue weighted by Gasteiger charge is 2.22. The number of aromatic nitrogens is 2. The summed E-state index contributed by atoms with van der Waals surface area (Å²) < 4.78 is 8.36. The number of ether oxygens (including phenoxy) is 1. The summed E-state index contributed by atoms with van der Waals surface area (Å²) in [5, 5.41) is 3.43. The first-order valence-electron chi connectivity index (χ1n) is 8.16. The molecule has 20 heavy (non-hydrogen) atoms. The number of rotatable bonds is 4. The van der Waals surface area contributed by atoms with E-state index in [-0.39, 0.29) is 0 Å². The molecule has 1 N–H and O–H groups in total. The molecule has 0 aromatic carbocycles. The highest BCUT2D eigenvalue weighted by Crippen LogP contribution is 2.24. The number of nitrogens with one attached hydrogen (secondary N) is 1. The zero-order valence-electron chi connectivity index (χ0n) is 12.8. The standard InChI is InChI=1S/C16H27N3O/c1-12(2)16-18-14-11-17-8-6-15(14)19(16)9-7-13-5-3-4-10-20-13/h12-13,17H,3-11H2,1-2H3. The predicted molar refractivity (Wildman–Crippen MR) is 79.9 cm³/mol. The van der Waals surface area contributed by atoms with Gasteiger partial charge in [-0.3, -0.25) is 0 Å². The van der Waals surface area contributed by atoms with E-state index >= 15 is 0 Å². The van der Waals surface area contributed by atoms with Gasteiger partial charge in [0.05, 0.1) is 11.8 Å². The molecule has 0 aliphatic carbocycles. The molecule has 2 aliphatic rings. The molecule has 1 unspecified atom stereocenters. The Morgan fingerprint density at radius 2 is 2.30 bits per heavy atom. The molecule has 4 heteroatoms. The molecule has 1 fully saturated rings. The third kappa shape index (κ3) is 2.91. The van der Waals surface area contributed by atoms with E-state index in [2.05, 4.69) is 23.7 Å². The van der Waals surface area contributed by atoms with Crippen LogP contribution in [0.4, 0.5) is 0 Å². The fourth-order valence-corrected chi connectivity index (χ4v) is 3.39. The monoisotopic (exact) mass is 277 g/mol. The van der Waals surface area contributed by atoms with Crippen molar-refractivity contribution in [2.75, 3.05) is 13.2 Å². The first kappa shape index (κ1) is 14.1. The molecule has 0 spiro atoms. The smallest absolute Gasteiger partial charge is 0.111 e. The van der Waals surface area contributed by atoms with Crippen molar-refractivity contribution in [1.82, 2.24) is 14.9 Å². The van der Waals surface area contributed by atoms with E-state index in [1.54, 1.807) is 0 Å². The fourth-order valence-electron chi connectivity index (χ4n) is 3.39. The quantitative estimate of drug-likeness (QED) is 0.919. The summed E-state index contributed by atoms with van der Waals surface area (Å²) in [5.74, 6) is 1.75. The van der Waals surface area contributed by atoms with Gasteiger partial charge in [0.2, 0.25) is 0 Å². The molecule has 0 saturated carbocycles. The van der Waals surface area contributed by atoms with Crippen LogP contribution in [0.1, 0.15) is 62.7 Å². The van der Waals surface area contributed by atoms with E-state index in [1.165, 1.54) is 36.5 Å². The number of nitrogens with zero attached hydrogens (tertiary/aromatic N) is 2. The van der Waals surface area contributed by atoms with Crippen LogP contribution in [0.2, 0.25) is 0 Å². The SMILES string of the molecule is CC(C)c1nc2c(n1CCC1CCCCO1)CCNC2. The molecular formula is C16H27N3O. The lowest BCUT2D eigenvalue weighted by Gasteiger charge is -2.24. The van der Waals surface area contributed by atoms with Crippen LogP contribution in [0.15, 0.2) is 0 Å². The van der Waals surface area contributed by atoms with Gasteiger partial charge >= 0.3 is 0 Å². The van der Waals surface area contributed by atoms with Crippen molar-refractivity contribution in [2.45, 2.75) is 71.1 Å². The minimum absolute atomic E-state index is 0.462. The molecule has 1 saturated heterocycles. The average molecular weight is 277 g/mol. The second kappa shape index (κ2) is 6.27. The molecule has 1 atom stereocenters. The van der Waals surface area contributed by atoms with Gasteiger partial charge in [0, 0.05) is 44.3 Å². The molecule has 0 amide bonds. The van der Waals surface area contributed by atoms with Crippen molar-refractivity contribution in [2.24, 2.45) is 0 Å². The van der Waals surface area contributed by atoms with Gasteiger partial charge in [0.25, 0.3) is 0 Å². The van der Waals surface area contributed by atoms with Gasteiger partial charge in [0.1, 0.15) is 5.82 Å². The van der Waals surface area contributed by atoms with Gasteiger partial charge in [-0.25, -0.2) is 4.98 Å². The van der Waals surface area contributed by atoms with E-state index in [1.807, 2.05) is 0 Å². The molecule has 0 radical (unpaired) electrons. The lowest BCUT2D eigenvalue weighted by molar-refractivity contribution is 0.00855. The summed E-state index contributed by atoms with van der Waals surface area (Å²) in [6.07, 6.45) is 6.50. The Balaban J connectivity index is 1.74. The maximum atomic E-state index is 5.87. The minimum Gasteiger partial charge on any atom is -0.378 e. The zero-order valence-corrected chi connectivity index (χ0v) is 12.8. The highest BCUT2D eigenvalue weighted by atomic mass is 16.5. The molecule has 1 aromatic heterocycles. The molecule has 112 valence electrons. The van der Waals surface area contributed by atoms with Gasteiger partial charge < -0.3 is 14.6 Å². The number of fused-ring (bicyclic) bond motifs is 1. The van der Waals surface area contributed by atoms with Crippen LogP contribution in [0.3, 0.4) is 0 Å². The van der Waals surface area contributed by atoms with Crippen LogP contribution in [-0.4, -0.2) is 28.8 Å². The second-order valence-electron chi connectivity index (χ2n) is 6.37. The van der Waals surface area contributed by atoms with Crippen molar-refractivity contribution < 1.29 is 4.74 Å². The third-order valence-electron chi connectivity index (χ3n) is 4.48. The van der Waals surface area contributed by atoms with Gasteiger partial charge in [-0.15, -0.1) is 0 Å². The Hall–Kier alpha value is -0.870. The summed E-state index contributed by atoms with van der Waals surface area (Å²) in [6, 6.07) is 0. The molecule has 4 nitrogen and oxygen atoms in total. The Morgan fingerprint density at radius 3 is 3.05 bits per heavy atom. The summed E-state index contributed by atoms with van der Waals surface area (Å²) in [7, 11) is 0. The van der Waals surface area contributed by atoms with Crippen LogP contribution in [-0.2, 0) is 24.2 Å². The molecular weight excluding hydrogens is 250 g/mol. The number of imidazole rings is 1. The number of hydrogen-bond acceptors (Lipinski definition) is 3. The highest BCUT2D eigenvalue weighted by molar-refractivity contribution is 5.21. The Morgan fingerprint density at radius 1 is 1.40 bits per heavy atom. The van der Waals surface area contributed by atoms with Crippen molar-refractivity contribution in [3.63, 3.8) is 0 Å². The normalized spacial score (nSPS) is 23.1. The topological polar surface area (TPSA) is 39.1 Å². The van der Waals surface area contributed by atoms with Crippen LogP contribution in [0.5, 0.6) is 0 Å². The van der Waals surface area contributed by atoms with Crippen LogP contribution in [0.25, 0.3) is 0 Å². The van der Waals surface area contributed by atoms with Crippen molar-refractivity contribution >= 4 is 0 Å². The average Bonchev–Trinajstić information content (AvgIpc) is 2.85. The fraction of sp³-hybridized carbons (Fsp3) is 0.812. The van der Waals surface area contributed by atoms with Gasteiger partial charge in [0.15, 0.2) is 0 Å². The first-order chi connectivity index (χ1) is 9.75. The van der Waals surface area contributed by atoms with Gasteiger partial charge in [-0.05, 0) is 25.7 Å². The van der Waals surface area contributed by atoms with E-state index < -0.39 is 0 Å². The predicted octanol–water partition coefficient (Wildman–Crippen LogP) is 2.61. The van der Waals surface area contributed by atoms with E-state index in [4.69, 9.17) is 9.72 Å². The maximum Gasteiger partial charge on any atom is 0.111 e. The molecule has 0 bridgehead atoms. The second-order valence-corrected chi connectivity index (χ2v) is 6.37. The maximum absolute atomic E-state index is 5.87. The van der Waals surface area contributed by atoms with Crippen LogP contribution < -0.4 is 5.32 Å². The summed E-state index contributed by atoms with van der Waals surface area (Å²) in [6.45, 7) is 8.52. The van der Waals surface area contributed by atoms with Gasteiger partial charge in [-0.1, -0.05) is 13.8 Å². The Labute approximate surface area is 121 Å². The largest absolute Gasteiger partial charge is 0.378 e. The lowest BCUT2D eigenvalue weighted by Crippen LogP contribution is -2.26. The summed E-state index contributed by atoms with van der Waals surface area (Å²) in [4.78, 5) is 4.87. The van der Waals surface area contributed by atoms with Crippen molar-refractivity contribution in [3.8, 4) is 0 Å². The lowest BCUT2D eigenvalue weighted by atomic mass is 10.1. The van der Waals surface area contributed by atoms with Crippen molar-refractivity contribution in [1.29, 1.82) is 0 Å². The first-order valence-corrected chi connectivity index (χ1v) is 8.16. The van der Waals surface area contributed by atoms with E-state index in [0.717, 1.165) is 39.1 Å². The zero-order chi connectivity index (χ0) is 13.9. The minimum atomic E-state index is 0.462. The summed E-state index contributed by atoms with van der Waals surface area (Å²) >= 11 is 0. The molecule has 3 rings (SSSR count). The number of hydrogen-bond donors (Lipinski definition) is 1. The molecule has 1 aromatic rings. The van der Waals surface area contributed by atoms with Crippen LogP contribution in [0, 0.1) is 0 Å². The Kier molecular flexibility index (Phi) is 4.41. The molecule has 3 heterocycles. The summed E-state index contributed by atoms with van der Waals surface area (Å²) in [5.41, 5.74) is 2.73. The molecule has 2 aliphatic heterocycles. The van der Waals surface area contributed by atoms with Gasteiger partial charge in [-0.2, -0.15) is 0 Å². The van der Waals surface area contributed by atoms with E-state index in [0.29, 0.717) is 12.0 Å².